The third-order valence-corrected chi connectivity index (χ3v) is 5.01. The average Bonchev–Trinajstić information content (AvgIpc) is 2.67. The van der Waals surface area contributed by atoms with Crippen LogP contribution in [0.3, 0.4) is 0 Å². The maximum Gasteiger partial charge on any atom is 0.191 e. The summed E-state index contributed by atoms with van der Waals surface area (Å²) >= 11 is 0. The number of para-hydroxylation sites is 1. The van der Waals surface area contributed by atoms with E-state index in [-0.39, 0.29) is 0 Å². The number of rotatable bonds is 8. The number of methoxy groups -OCH3 is 1. The second-order valence-corrected chi connectivity index (χ2v) is 7.12. The van der Waals surface area contributed by atoms with Crippen molar-refractivity contribution in [3.8, 4) is 5.75 Å². The van der Waals surface area contributed by atoms with Crippen molar-refractivity contribution in [1.82, 2.24) is 15.5 Å². The van der Waals surface area contributed by atoms with Crippen LogP contribution in [0.1, 0.15) is 51.5 Å². The zero-order chi connectivity index (χ0) is 18.8. The number of ether oxygens (including phenoxy) is 1. The van der Waals surface area contributed by atoms with Crippen molar-refractivity contribution in [3.05, 3.63) is 29.8 Å². The Morgan fingerprint density at radius 1 is 1.27 bits per heavy atom. The lowest BCUT2D eigenvalue weighted by atomic mass is 10.0. The van der Waals surface area contributed by atoms with Crippen molar-refractivity contribution in [2.45, 2.75) is 52.0 Å². The van der Waals surface area contributed by atoms with Crippen LogP contribution < -0.4 is 15.4 Å². The van der Waals surface area contributed by atoms with Crippen LogP contribution in [0.2, 0.25) is 0 Å². The lowest BCUT2D eigenvalue weighted by molar-refractivity contribution is 0.206. The van der Waals surface area contributed by atoms with E-state index in [2.05, 4.69) is 48.4 Å². The fourth-order valence-electron chi connectivity index (χ4n) is 3.53. The Morgan fingerprint density at radius 3 is 2.65 bits per heavy atom. The monoisotopic (exact) mass is 360 g/mol. The Hall–Kier alpha value is -1.75. The number of guanidine groups is 1. The van der Waals surface area contributed by atoms with Gasteiger partial charge in [-0.3, -0.25) is 4.99 Å². The van der Waals surface area contributed by atoms with Crippen LogP contribution in [0.25, 0.3) is 0 Å². The van der Waals surface area contributed by atoms with Gasteiger partial charge in [-0.2, -0.15) is 0 Å². The second-order valence-electron chi connectivity index (χ2n) is 7.12. The van der Waals surface area contributed by atoms with Crippen molar-refractivity contribution in [2.24, 2.45) is 4.99 Å². The lowest BCUT2D eigenvalue weighted by Crippen LogP contribution is -2.48. The highest BCUT2D eigenvalue weighted by Gasteiger charge is 2.19. The summed E-state index contributed by atoms with van der Waals surface area (Å²) in [5, 5.41) is 7.03. The van der Waals surface area contributed by atoms with E-state index in [4.69, 9.17) is 9.73 Å². The van der Waals surface area contributed by atoms with E-state index >= 15 is 0 Å². The van der Waals surface area contributed by atoms with Gasteiger partial charge in [0.1, 0.15) is 5.75 Å². The van der Waals surface area contributed by atoms with Crippen LogP contribution in [-0.4, -0.2) is 56.7 Å². The van der Waals surface area contributed by atoms with Crippen LogP contribution in [0.5, 0.6) is 5.75 Å². The Labute approximate surface area is 159 Å². The van der Waals surface area contributed by atoms with E-state index in [1.165, 1.54) is 44.5 Å². The molecule has 2 N–H and O–H groups in total. The first-order valence-electron chi connectivity index (χ1n) is 10.1. The molecule has 1 aliphatic heterocycles. The second kappa shape index (κ2) is 11.1. The van der Waals surface area contributed by atoms with Gasteiger partial charge in [0.25, 0.3) is 0 Å². The summed E-state index contributed by atoms with van der Waals surface area (Å²) < 4.78 is 5.49. The largest absolute Gasteiger partial charge is 0.496 e. The first kappa shape index (κ1) is 20.6. The van der Waals surface area contributed by atoms with E-state index in [0.29, 0.717) is 12.0 Å². The Kier molecular flexibility index (Phi) is 8.75. The predicted octanol–water partition coefficient (Wildman–Crippen LogP) is 3.23. The first-order valence-corrected chi connectivity index (χ1v) is 10.1. The number of benzene rings is 1. The molecule has 0 aromatic heterocycles. The van der Waals surface area contributed by atoms with Crippen molar-refractivity contribution in [3.63, 3.8) is 0 Å². The van der Waals surface area contributed by atoms with Gasteiger partial charge in [0.05, 0.1) is 7.11 Å². The third-order valence-electron chi connectivity index (χ3n) is 5.01. The normalized spacial score (nSPS) is 17.8. The van der Waals surface area contributed by atoms with E-state index in [9.17, 15) is 0 Å². The van der Waals surface area contributed by atoms with Gasteiger partial charge in [-0.1, -0.05) is 32.0 Å². The SMILES string of the molecule is CCCN1CCC(NC(=NCC(C)c2ccccc2OC)NCC)CC1. The van der Waals surface area contributed by atoms with Gasteiger partial charge >= 0.3 is 0 Å². The topological polar surface area (TPSA) is 48.9 Å². The highest BCUT2D eigenvalue weighted by Crippen LogP contribution is 2.26. The van der Waals surface area contributed by atoms with Gasteiger partial charge in [-0.25, -0.2) is 0 Å². The molecule has 1 aliphatic rings. The third kappa shape index (κ3) is 6.20. The van der Waals surface area contributed by atoms with Gasteiger partial charge in [-0.05, 0) is 44.4 Å². The van der Waals surface area contributed by atoms with Crippen LogP contribution in [0.15, 0.2) is 29.3 Å². The lowest BCUT2D eigenvalue weighted by Gasteiger charge is -2.32. The Bertz CT molecular complexity index is 553. The quantitative estimate of drug-likeness (QED) is 0.552. The molecule has 1 aromatic rings. The van der Waals surface area contributed by atoms with Gasteiger partial charge in [0.15, 0.2) is 5.96 Å². The molecule has 1 unspecified atom stereocenters. The minimum atomic E-state index is 0.313. The van der Waals surface area contributed by atoms with Gasteiger partial charge in [0.2, 0.25) is 0 Å². The molecule has 0 radical (unpaired) electrons. The molecule has 0 bridgehead atoms. The number of nitrogens with zero attached hydrogens (tertiary/aromatic N) is 2. The molecule has 146 valence electrons. The summed E-state index contributed by atoms with van der Waals surface area (Å²) in [6, 6.07) is 8.73. The van der Waals surface area contributed by atoms with E-state index < -0.39 is 0 Å². The Balaban J connectivity index is 1.92. The molecule has 0 spiro atoms. The molecule has 1 heterocycles. The molecule has 1 saturated heterocycles. The van der Waals surface area contributed by atoms with Crippen molar-refractivity contribution in [1.29, 1.82) is 0 Å². The first-order chi connectivity index (χ1) is 12.7. The molecule has 0 amide bonds. The van der Waals surface area contributed by atoms with E-state index in [1.807, 2.05) is 12.1 Å². The average molecular weight is 361 g/mol. The van der Waals surface area contributed by atoms with Gasteiger partial charge in [0, 0.05) is 38.1 Å². The number of likely N-dealkylation sites (tertiary alicyclic amines) is 1. The van der Waals surface area contributed by atoms with Crippen LogP contribution in [0.4, 0.5) is 0 Å². The molecule has 2 rings (SSSR count). The summed E-state index contributed by atoms with van der Waals surface area (Å²) in [6.07, 6.45) is 3.61. The molecule has 1 fully saturated rings. The summed E-state index contributed by atoms with van der Waals surface area (Å²) in [5.41, 5.74) is 1.21. The smallest absolute Gasteiger partial charge is 0.191 e. The molecule has 26 heavy (non-hydrogen) atoms. The maximum atomic E-state index is 5.49. The molecule has 5 nitrogen and oxygen atoms in total. The predicted molar refractivity (Wildman–Crippen MR) is 110 cm³/mol. The number of hydrogen-bond acceptors (Lipinski definition) is 3. The summed E-state index contributed by atoms with van der Waals surface area (Å²) in [5.74, 6) is 2.19. The molecule has 0 saturated carbocycles. The van der Waals surface area contributed by atoms with Crippen LogP contribution in [0, 0.1) is 0 Å². The number of piperidine rings is 1. The minimum Gasteiger partial charge on any atom is -0.496 e. The minimum absolute atomic E-state index is 0.313. The molecule has 5 heteroatoms. The zero-order valence-corrected chi connectivity index (χ0v) is 16.9. The molecular formula is C21H36N4O. The highest BCUT2D eigenvalue weighted by atomic mass is 16.5. The highest BCUT2D eigenvalue weighted by molar-refractivity contribution is 5.80. The summed E-state index contributed by atoms with van der Waals surface area (Å²) in [7, 11) is 1.73. The maximum absolute atomic E-state index is 5.49. The van der Waals surface area contributed by atoms with Crippen molar-refractivity contribution >= 4 is 5.96 Å². The standard InChI is InChI=1S/C21H36N4O/c1-5-13-25-14-11-18(12-15-25)24-21(22-6-2)23-16-17(3)19-9-7-8-10-20(19)26-4/h7-10,17-18H,5-6,11-16H2,1-4H3,(H2,22,23,24). The fraction of sp³-hybridized carbons (Fsp3) is 0.667. The Morgan fingerprint density at radius 2 is 2.00 bits per heavy atom. The van der Waals surface area contributed by atoms with E-state index in [0.717, 1.165) is 24.8 Å². The van der Waals surface area contributed by atoms with Crippen LogP contribution in [-0.2, 0) is 0 Å². The van der Waals surface area contributed by atoms with Crippen molar-refractivity contribution < 1.29 is 4.74 Å². The zero-order valence-electron chi connectivity index (χ0n) is 16.9. The fourth-order valence-corrected chi connectivity index (χ4v) is 3.53. The van der Waals surface area contributed by atoms with E-state index in [1.54, 1.807) is 7.11 Å². The van der Waals surface area contributed by atoms with Crippen LogP contribution >= 0.6 is 0 Å². The number of aliphatic imine (C=N–C) groups is 1. The van der Waals surface area contributed by atoms with Gasteiger partial charge < -0.3 is 20.3 Å². The number of nitrogens with one attached hydrogen (secondary N) is 2. The van der Waals surface area contributed by atoms with Crippen molar-refractivity contribution in [2.75, 3.05) is 39.8 Å². The molecule has 1 aromatic carbocycles. The molecule has 0 aliphatic carbocycles. The summed E-state index contributed by atoms with van der Waals surface area (Å²) in [6.45, 7) is 11.8. The number of hydrogen-bond donors (Lipinski definition) is 2. The molecule has 1 atom stereocenters. The summed E-state index contributed by atoms with van der Waals surface area (Å²) in [4.78, 5) is 7.40. The molecular weight excluding hydrogens is 324 g/mol. The van der Waals surface area contributed by atoms with Gasteiger partial charge in [-0.15, -0.1) is 0 Å².